The number of nitrogens with one attached hydrogen (secondary N) is 1. The molecule has 0 aliphatic rings. The van der Waals surface area contributed by atoms with Gasteiger partial charge in [-0.25, -0.2) is 0 Å². The molecule has 1 N–H and O–H groups in total. The van der Waals surface area contributed by atoms with Crippen molar-refractivity contribution < 1.29 is 18.3 Å². The van der Waals surface area contributed by atoms with Crippen molar-refractivity contribution in [3.8, 4) is 11.8 Å². The molecule has 0 aliphatic heterocycles. The molecule has 1 rings (SSSR count). The van der Waals surface area contributed by atoms with Crippen LogP contribution in [0.4, 0.5) is 14.5 Å². The van der Waals surface area contributed by atoms with Crippen LogP contribution in [-0.2, 0) is 4.74 Å². The third-order valence-corrected chi connectivity index (χ3v) is 2.45. The summed E-state index contributed by atoms with van der Waals surface area (Å²) in [6.45, 7) is -0.458. The monoisotopic (exact) mass is 290 g/mol. The Balaban J connectivity index is 2.45. The van der Waals surface area contributed by atoms with E-state index in [2.05, 4.69) is 10.1 Å². The van der Waals surface area contributed by atoms with Crippen LogP contribution in [-0.4, -0.2) is 25.9 Å². The molecular formula is C12H13ClF2N2O2. The van der Waals surface area contributed by atoms with Gasteiger partial charge in [0, 0.05) is 12.6 Å². The van der Waals surface area contributed by atoms with Gasteiger partial charge in [0.1, 0.15) is 11.9 Å². The van der Waals surface area contributed by atoms with Crippen LogP contribution in [0.3, 0.4) is 0 Å². The molecule has 1 unspecified atom stereocenters. The minimum absolute atomic E-state index is 0.0000901. The first-order valence-electron chi connectivity index (χ1n) is 5.52. The van der Waals surface area contributed by atoms with Crippen molar-refractivity contribution in [3.63, 3.8) is 0 Å². The van der Waals surface area contributed by atoms with Crippen molar-refractivity contribution in [3.05, 3.63) is 23.2 Å². The molecule has 0 amide bonds. The number of halogens is 3. The molecule has 1 atom stereocenters. The van der Waals surface area contributed by atoms with E-state index < -0.39 is 12.7 Å². The van der Waals surface area contributed by atoms with Crippen molar-refractivity contribution in [2.75, 3.05) is 18.5 Å². The van der Waals surface area contributed by atoms with Gasteiger partial charge in [0.25, 0.3) is 0 Å². The van der Waals surface area contributed by atoms with Crippen molar-refractivity contribution in [2.45, 2.75) is 19.6 Å². The summed E-state index contributed by atoms with van der Waals surface area (Å²) in [5, 5.41) is 11.7. The minimum atomic E-state index is -2.88. The van der Waals surface area contributed by atoms with E-state index in [9.17, 15) is 8.78 Å². The van der Waals surface area contributed by atoms with Gasteiger partial charge < -0.3 is 14.8 Å². The van der Waals surface area contributed by atoms with Crippen molar-refractivity contribution >= 4 is 17.3 Å². The van der Waals surface area contributed by atoms with Crippen LogP contribution in [0.5, 0.6) is 5.75 Å². The molecule has 0 aromatic heterocycles. The molecule has 0 heterocycles. The first kappa shape index (κ1) is 15.5. The Bertz CT molecular complexity index is 452. The van der Waals surface area contributed by atoms with Gasteiger partial charge in [0.15, 0.2) is 0 Å². The lowest BCUT2D eigenvalue weighted by Gasteiger charge is -2.11. The summed E-state index contributed by atoms with van der Waals surface area (Å²) in [6, 6.07) is 6.16. The van der Waals surface area contributed by atoms with E-state index in [-0.39, 0.29) is 10.8 Å². The second kappa shape index (κ2) is 7.77. The summed E-state index contributed by atoms with van der Waals surface area (Å²) in [6.07, 6.45) is -0.473. The highest BCUT2D eigenvalue weighted by Gasteiger charge is 2.07. The molecule has 0 saturated heterocycles. The molecule has 0 bridgehead atoms. The van der Waals surface area contributed by atoms with Crippen LogP contribution in [0.15, 0.2) is 18.2 Å². The van der Waals surface area contributed by atoms with Crippen molar-refractivity contribution in [2.24, 2.45) is 0 Å². The van der Waals surface area contributed by atoms with E-state index in [1.54, 1.807) is 6.92 Å². The Morgan fingerprint density at radius 1 is 1.47 bits per heavy atom. The van der Waals surface area contributed by atoms with Gasteiger partial charge in [0.05, 0.1) is 23.4 Å². The number of rotatable bonds is 7. The molecule has 4 nitrogen and oxygen atoms in total. The Labute approximate surface area is 114 Å². The van der Waals surface area contributed by atoms with Crippen LogP contribution < -0.4 is 10.1 Å². The zero-order valence-corrected chi connectivity index (χ0v) is 11.0. The van der Waals surface area contributed by atoms with Crippen LogP contribution in [0, 0.1) is 11.3 Å². The molecule has 0 saturated carbocycles. The fourth-order valence-corrected chi connectivity index (χ4v) is 1.51. The summed E-state index contributed by atoms with van der Waals surface area (Å²) in [4.78, 5) is 0. The lowest BCUT2D eigenvalue weighted by Crippen LogP contribution is -2.14. The largest absolute Gasteiger partial charge is 0.435 e. The zero-order valence-electron chi connectivity index (χ0n) is 10.2. The maximum Gasteiger partial charge on any atom is 0.387 e. The lowest BCUT2D eigenvalue weighted by atomic mass is 10.3. The summed E-state index contributed by atoms with van der Waals surface area (Å²) in [5.41, 5.74) is 0.580. The third-order valence-electron chi connectivity index (χ3n) is 2.13. The predicted molar refractivity (Wildman–Crippen MR) is 67.6 cm³/mol. The van der Waals surface area contributed by atoms with E-state index in [1.165, 1.54) is 18.2 Å². The van der Waals surface area contributed by atoms with Crippen LogP contribution in [0.1, 0.15) is 6.92 Å². The highest BCUT2D eigenvalue weighted by Crippen LogP contribution is 2.27. The van der Waals surface area contributed by atoms with Crippen molar-refractivity contribution in [1.29, 1.82) is 5.26 Å². The maximum atomic E-state index is 12.0. The summed E-state index contributed by atoms with van der Waals surface area (Å²) >= 11 is 5.90. The fraction of sp³-hybridized carbons (Fsp3) is 0.417. The van der Waals surface area contributed by atoms with Gasteiger partial charge in [-0.1, -0.05) is 11.6 Å². The second-order valence-electron chi connectivity index (χ2n) is 3.59. The topological polar surface area (TPSA) is 54.3 Å². The average molecular weight is 291 g/mol. The van der Waals surface area contributed by atoms with Gasteiger partial charge in [-0.3, -0.25) is 0 Å². The minimum Gasteiger partial charge on any atom is -0.435 e. The Kier molecular flexibility index (Phi) is 6.33. The predicted octanol–water partition coefficient (Wildman–Crippen LogP) is 3.28. The van der Waals surface area contributed by atoms with Crippen molar-refractivity contribution in [1.82, 2.24) is 0 Å². The number of nitriles is 1. The zero-order chi connectivity index (χ0) is 14.3. The standard InChI is InChI=1S/C12H13ClF2N2O2/c1-8(7-16)18-5-4-17-11-3-2-9(6-10(11)13)19-12(14)15/h2-3,6,8,12,17H,4-5H2,1H3. The summed E-state index contributed by atoms with van der Waals surface area (Å²) < 4.78 is 33.3. The van der Waals surface area contributed by atoms with Crippen LogP contribution in [0.25, 0.3) is 0 Å². The molecule has 0 spiro atoms. The van der Waals surface area contributed by atoms with Gasteiger partial charge >= 0.3 is 6.61 Å². The molecule has 0 aliphatic carbocycles. The number of ether oxygens (including phenoxy) is 2. The normalized spacial score (nSPS) is 12.0. The van der Waals surface area contributed by atoms with Gasteiger partial charge in [-0.05, 0) is 19.1 Å². The molecule has 7 heteroatoms. The Hall–Kier alpha value is -1.58. The first-order valence-corrected chi connectivity index (χ1v) is 5.90. The molecule has 104 valence electrons. The Morgan fingerprint density at radius 2 is 2.21 bits per heavy atom. The van der Waals surface area contributed by atoms with E-state index in [0.717, 1.165) is 0 Å². The van der Waals surface area contributed by atoms with E-state index >= 15 is 0 Å². The number of hydrogen-bond acceptors (Lipinski definition) is 4. The molecule has 1 aromatic rings. The second-order valence-corrected chi connectivity index (χ2v) is 4.00. The van der Waals surface area contributed by atoms with E-state index in [1.807, 2.05) is 6.07 Å². The molecule has 1 aromatic carbocycles. The van der Waals surface area contributed by atoms with Crippen LogP contribution >= 0.6 is 11.6 Å². The average Bonchev–Trinajstić information content (AvgIpc) is 2.35. The number of hydrogen-bond donors (Lipinski definition) is 1. The summed E-state index contributed by atoms with van der Waals surface area (Å²) in [7, 11) is 0. The van der Waals surface area contributed by atoms with Gasteiger partial charge in [-0.15, -0.1) is 0 Å². The molecular weight excluding hydrogens is 278 g/mol. The number of alkyl halides is 2. The smallest absolute Gasteiger partial charge is 0.387 e. The van der Waals surface area contributed by atoms with E-state index in [0.29, 0.717) is 18.8 Å². The third kappa shape index (κ3) is 5.73. The quantitative estimate of drug-likeness (QED) is 0.783. The summed E-state index contributed by atoms with van der Waals surface area (Å²) in [5.74, 6) is -0.0000901. The fourth-order valence-electron chi connectivity index (χ4n) is 1.27. The van der Waals surface area contributed by atoms with E-state index in [4.69, 9.17) is 21.6 Å². The molecule has 0 fully saturated rings. The first-order chi connectivity index (χ1) is 9.02. The van der Waals surface area contributed by atoms with Gasteiger partial charge in [0.2, 0.25) is 0 Å². The maximum absolute atomic E-state index is 12.0. The van der Waals surface area contributed by atoms with Crippen LogP contribution in [0.2, 0.25) is 5.02 Å². The highest BCUT2D eigenvalue weighted by atomic mass is 35.5. The van der Waals surface area contributed by atoms with Gasteiger partial charge in [-0.2, -0.15) is 14.0 Å². The SMILES string of the molecule is CC(C#N)OCCNc1ccc(OC(F)F)cc1Cl. The lowest BCUT2D eigenvalue weighted by molar-refractivity contribution is -0.0498. The number of anilines is 1. The highest BCUT2D eigenvalue weighted by molar-refractivity contribution is 6.33. The Morgan fingerprint density at radius 3 is 2.79 bits per heavy atom. The molecule has 0 radical (unpaired) electrons. The molecule has 19 heavy (non-hydrogen) atoms. The number of benzene rings is 1. The number of nitrogens with zero attached hydrogens (tertiary/aromatic N) is 1.